The zero-order valence-electron chi connectivity index (χ0n) is 9.95. The van der Waals surface area contributed by atoms with E-state index in [4.69, 9.17) is 5.26 Å². The molecule has 0 spiro atoms. The number of carbonyl (C=O) groups excluding carboxylic acids is 1. The van der Waals surface area contributed by atoms with Crippen LogP contribution < -0.4 is 5.32 Å². The minimum absolute atomic E-state index is 0.280. The Kier molecular flexibility index (Phi) is 3.28. The number of nitrogens with one attached hydrogen (secondary N) is 2. The molecule has 3 aromatic rings. The first-order valence-electron chi connectivity index (χ1n) is 5.53. The van der Waals surface area contributed by atoms with E-state index in [-0.39, 0.29) is 11.6 Å². The summed E-state index contributed by atoms with van der Waals surface area (Å²) >= 11 is 2.68. The molecule has 0 aromatic carbocycles. The molecule has 0 aliphatic heterocycles. The summed E-state index contributed by atoms with van der Waals surface area (Å²) in [5.74, 6) is -0.358. The Bertz CT molecular complexity index is 781. The first kappa shape index (κ1) is 12.5. The molecule has 1 amide bonds. The lowest BCUT2D eigenvalue weighted by atomic mass is 10.3. The van der Waals surface area contributed by atoms with Gasteiger partial charge in [-0.05, 0) is 17.5 Å². The average molecular weight is 301 g/mol. The van der Waals surface area contributed by atoms with Crippen LogP contribution in [0, 0.1) is 11.3 Å². The van der Waals surface area contributed by atoms with Gasteiger partial charge in [0.15, 0.2) is 10.8 Å². The molecule has 98 valence electrons. The van der Waals surface area contributed by atoms with Gasteiger partial charge in [0.1, 0.15) is 10.9 Å². The molecule has 0 saturated heterocycles. The molecule has 2 N–H and O–H groups in total. The number of H-pyrrole nitrogens is 1. The summed E-state index contributed by atoms with van der Waals surface area (Å²) in [6.07, 6.45) is 1.42. The highest BCUT2D eigenvalue weighted by atomic mass is 32.1. The van der Waals surface area contributed by atoms with Crippen molar-refractivity contribution in [2.75, 3.05) is 5.32 Å². The molecule has 20 heavy (non-hydrogen) atoms. The lowest BCUT2D eigenvalue weighted by Gasteiger charge is -1.96. The van der Waals surface area contributed by atoms with Crippen molar-refractivity contribution in [1.29, 1.82) is 5.26 Å². The van der Waals surface area contributed by atoms with Crippen LogP contribution in [0.15, 0.2) is 29.8 Å². The van der Waals surface area contributed by atoms with Crippen molar-refractivity contribution in [3.05, 3.63) is 40.3 Å². The van der Waals surface area contributed by atoms with Crippen molar-refractivity contribution >= 4 is 33.7 Å². The van der Waals surface area contributed by atoms with E-state index >= 15 is 0 Å². The number of nitriles is 1. The van der Waals surface area contributed by atoms with Crippen LogP contribution in [-0.2, 0) is 0 Å². The third-order valence-corrected chi connectivity index (χ3v) is 4.15. The van der Waals surface area contributed by atoms with Crippen LogP contribution in [-0.4, -0.2) is 21.1 Å². The van der Waals surface area contributed by atoms with Gasteiger partial charge in [0, 0.05) is 0 Å². The van der Waals surface area contributed by atoms with Gasteiger partial charge in [-0.25, -0.2) is 4.98 Å². The summed E-state index contributed by atoms with van der Waals surface area (Å²) in [6, 6.07) is 7.52. The molecule has 0 bridgehead atoms. The van der Waals surface area contributed by atoms with Gasteiger partial charge in [0.2, 0.25) is 0 Å². The summed E-state index contributed by atoms with van der Waals surface area (Å²) in [4.78, 5) is 17.4. The Morgan fingerprint density at radius 3 is 3.10 bits per heavy atom. The Hall–Kier alpha value is -2.50. The predicted octanol–water partition coefficient (Wildman–Crippen LogP) is 2.72. The van der Waals surface area contributed by atoms with E-state index in [0.29, 0.717) is 10.0 Å². The number of amides is 1. The number of carbonyl (C=O) groups is 1. The second kappa shape index (κ2) is 5.24. The molecule has 0 aliphatic rings. The van der Waals surface area contributed by atoms with Crippen LogP contribution in [0.5, 0.6) is 0 Å². The molecule has 6 nitrogen and oxygen atoms in total. The van der Waals surface area contributed by atoms with Crippen LogP contribution in [0.3, 0.4) is 0 Å². The van der Waals surface area contributed by atoms with Gasteiger partial charge >= 0.3 is 0 Å². The van der Waals surface area contributed by atoms with Gasteiger partial charge in [-0.2, -0.15) is 10.4 Å². The van der Waals surface area contributed by atoms with Crippen LogP contribution in [0.4, 0.5) is 5.13 Å². The average Bonchev–Trinajstić information content (AvgIpc) is 3.19. The van der Waals surface area contributed by atoms with E-state index in [1.807, 2.05) is 23.6 Å². The monoisotopic (exact) mass is 301 g/mol. The van der Waals surface area contributed by atoms with Gasteiger partial charge < -0.3 is 0 Å². The van der Waals surface area contributed by atoms with E-state index in [2.05, 4.69) is 20.5 Å². The van der Waals surface area contributed by atoms with Crippen molar-refractivity contribution in [2.24, 2.45) is 0 Å². The van der Waals surface area contributed by atoms with E-state index in [9.17, 15) is 4.79 Å². The van der Waals surface area contributed by atoms with Gasteiger partial charge in [-0.3, -0.25) is 15.2 Å². The highest BCUT2D eigenvalue weighted by molar-refractivity contribution is 7.16. The molecule has 0 atom stereocenters. The summed E-state index contributed by atoms with van der Waals surface area (Å²) in [5, 5.41) is 20.4. The largest absolute Gasteiger partial charge is 0.296 e. The quantitative estimate of drug-likeness (QED) is 0.777. The Morgan fingerprint density at radius 2 is 2.40 bits per heavy atom. The smallest absolute Gasteiger partial charge is 0.277 e. The van der Waals surface area contributed by atoms with E-state index in [1.165, 1.54) is 6.20 Å². The molecule has 8 heteroatoms. The summed E-state index contributed by atoms with van der Waals surface area (Å²) in [5.41, 5.74) is 1.07. The van der Waals surface area contributed by atoms with E-state index < -0.39 is 0 Å². The topological polar surface area (TPSA) is 94.5 Å². The van der Waals surface area contributed by atoms with Crippen LogP contribution in [0.25, 0.3) is 10.6 Å². The third-order valence-electron chi connectivity index (χ3n) is 2.43. The molecule has 0 saturated carbocycles. The number of thiazole rings is 1. The number of rotatable bonds is 3. The number of aromatic nitrogens is 3. The van der Waals surface area contributed by atoms with Crippen LogP contribution in [0.1, 0.15) is 15.4 Å². The number of hydrogen-bond acceptors (Lipinski definition) is 6. The van der Waals surface area contributed by atoms with E-state index in [1.54, 1.807) is 17.4 Å². The fraction of sp³-hybridized carbons (Fsp3) is 0. The summed E-state index contributed by atoms with van der Waals surface area (Å²) in [6.45, 7) is 0. The Balaban J connectivity index is 1.76. The predicted molar refractivity (Wildman–Crippen MR) is 76.7 cm³/mol. The lowest BCUT2D eigenvalue weighted by Crippen LogP contribution is -2.11. The second-order valence-corrected chi connectivity index (χ2v) is 5.72. The maximum absolute atomic E-state index is 12.0. The fourth-order valence-corrected chi connectivity index (χ4v) is 2.84. The standard InChI is InChI=1S/C12H7N5OS2/c13-5-7-6-14-12(20-7)15-11(18)9-4-8(16-17-9)10-2-1-3-19-10/h1-4,6H,(H,16,17)(H,14,15,18). The highest BCUT2D eigenvalue weighted by Gasteiger charge is 2.13. The van der Waals surface area contributed by atoms with Crippen molar-refractivity contribution in [1.82, 2.24) is 15.2 Å². The van der Waals surface area contributed by atoms with Gasteiger partial charge in [0.05, 0.1) is 16.8 Å². The van der Waals surface area contributed by atoms with Crippen molar-refractivity contribution < 1.29 is 4.79 Å². The van der Waals surface area contributed by atoms with Crippen molar-refractivity contribution in [3.8, 4) is 16.6 Å². The minimum atomic E-state index is -0.358. The highest BCUT2D eigenvalue weighted by Crippen LogP contribution is 2.23. The number of nitrogens with zero attached hydrogens (tertiary/aromatic N) is 3. The molecule has 0 radical (unpaired) electrons. The summed E-state index contributed by atoms with van der Waals surface area (Å²) in [7, 11) is 0. The second-order valence-electron chi connectivity index (χ2n) is 3.74. The molecule has 3 rings (SSSR count). The van der Waals surface area contributed by atoms with E-state index in [0.717, 1.165) is 21.9 Å². The molecular formula is C12H7N5OS2. The number of anilines is 1. The van der Waals surface area contributed by atoms with Gasteiger partial charge in [0.25, 0.3) is 5.91 Å². The molecule has 3 aromatic heterocycles. The van der Waals surface area contributed by atoms with Crippen molar-refractivity contribution in [2.45, 2.75) is 0 Å². The SMILES string of the molecule is N#Cc1cnc(NC(=O)c2cc(-c3cccs3)[nH]n2)s1. The molecule has 0 fully saturated rings. The molecular weight excluding hydrogens is 294 g/mol. The summed E-state index contributed by atoms with van der Waals surface area (Å²) < 4.78 is 0. The maximum Gasteiger partial charge on any atom is 0.277 e. The third kappa shape index (κ3) is 2.45. The van der Waals surface area contributed by atoms with Crippen molar-refractivity contribution in [3.63, 3.8) is 0 Å². The first-order chi connectivity index (χ1) is 9.76. The zero-order chi connectivity index (χ0) is 13.9. The molecule has 0 unspecified atom stereocenters. The maximum atomic E-state index is 12.0. The van der Waals surface area contributed by atoms with Crippen LogP contribution in [0.2, 0.25) is 0 Å². The van der Waals surface area contributed by atoms with Gasteiger partial charge in [-0.1, -0.05) is 17.4 Å². The first-order valence-corrected chi connectivity index (χ1v) is 7.22. The molecule has 3 heterocycles. The normalized spacial score (nSPS) is 10.2. The van der Waals surface area contributed by atoms with Gasteiger partial charge in [-0.15, -0.1) is 11.3 Å². The molecule has 0 aliphatic carbocycles. The number of hydrogen-bond donors (Lipinski definition) is 2. The Labute approximate surface area is 121 Å². The lowest BCUT2D eigenvalue weighted by molar-refractivity contribution is 0.102. The fourth-order valence-electron chi connectivity index (χ4n) is 1.54. The Morgan fingerprint density at radius 1 is 1.50 bits per heavy atom. The zero-order valence-corrected chi connectivity index (χ0v) is 11.6. The van der Waals surface area contributed by atoms with Crippen LogP contribution >= 0.6 is 22.7 Å². The minimum Gasteiger partial charge on any atom is -0.296 e. The number of thiophene rings is 1. The number of aromatic amines is 1.